The second-order valence-corrected chi connectivity index (χ2v) is 6.72. The molecule has 1 saturated heterocycles. The lowest BCUT2D eigenvalue weighted by Crippen LogP contribution is -2.42. The zero-order valence-electron chi connectivity index (χ0n) is 14.1. The SMILES string of the molecule is C[C@H]1CCN(C(=O)CCC#N)C[C@H]1c1ncc2cnc3[nH]ccc3n12. The maximum absolute atomic E-state index is 12.3. The number of imidazole rings is 1. The molecule has 3 aromatic rings. The maximum atomic E-state index is 12.3. The second-order valence-electron chi connectivity index (χ2n) is 6.72. The zero-order valence-corrected chi connectivity index (χ0v) is 14.1. The highest BCUT2D eigenvalue weighted by atomic mass is 16.2. The van der Waals surface area contributed by atoms with Crippen LogP contribution in [0.15, 0.2) is 24.7 Å². The Bertz CT molecular complexity index is 965. The van der Waals surface area contributed by atoms with E-state index < -0.39 is 0 Å². The lowest BCUT2D eigenvalue weighted by molar-refractivity contribution is -0.132. The molecule has 1 fully saturated rings. The van der Waals surface area contributed by atoms with Crippen molar-refractivity contribution in [1.82, 2.24) is 24.3 Å². The summed E-state index contributed by atoms with van der Waals surface area (Å²) in [5.41, 5.74) is 2.80. The summed E-state index contributed by atoms with van der Waals surface area (Å²) in [5, 5.41) is 8.71. The standard InChI is InChI=1S/C18H20N6O/c1-12-5-8-23(16(25)3-2-6-19)11-14(12)18-22-10-13-9-21-17-15(24(13)18)4-7-20-17/h4,7,9-10,12,14,20H,2-3,5,8,11H2,1H3/t12-,14+/m0/s1. The normalized spacial score (nSPS) is 20.9. The quantitative estimate of drug-likeness (QED) is 0.795. The lowest BCUT2D eigenvalue weighted by atomic mass is 9.86. The van der Waals surface area contributed by atoms with E-state index in [1.54, 1.807) is 0 Å². The number of piperidine rings is 1. The van der Waals surface area contributed by atoms with Gasteiger partial charge < -0.3 is 9.88 Å². The third-order valence-corrected chi connectivity index (χ3v) is 5.18. The molecule has 0 saturated carbocycles. The van der Waals surface area contributed by atoms with Gasteiger partial charge in [-0.05, 0) is 18.4 Å². The van der Waals surface area contributed by atoms with Crippen LogP contribution >= 0.6 is 0 Å². The van der Waals surface area contributed by atoms with Crippen LogP contribution in [0.1, 0.15) is 37.9 Å². The number of nitrogens with zero attached hydrogens (tertiary/aromatic N) is 5. The van der Waals surface area contributed by atoms with Crippen molar-refractivity contribution in [2.45, 2.75) is 32.1 Å². The molecule has 1 aliphatic rings. The predicted octanol–water partition coefficient (Wildman–Crippen LogP) is 2.47. The van der Waals surface area contributed by atoms with E-state index in [1.807, 2.05) is 29.6 Å². The van der Waals surface area contributed by atoms with Crippen LogP contribution < -0.4 is 0 Å². The predicted molar refractivity (Wildman–Crippen MR) is 92.8 cm³/mol. The highest BCUT2D eigenvalue weighted by molar-refractivity contribution is 5.77. The lowest BCUT2D eigenvalue weighted by Gasteiger charge is -2.36. The summed E-state index contributed by atoms with van der Waals surface area (Å²) in [5.74, 6) is 1.65. The Hall–Kier alpha value is -2.88. The number of carbonyl (C=O) groups is 1. The number of nitriles is 1. The molecule has 25 heavy (non-hydrogen) atoms. The fraction of sp³-hybridized carbons (Fsp3) is 0.444. The van der Waals surface area contributed by atoms with Gasteiger partial charge in [-0.1, -0.05) is 6.92 Å². The highest BCUT2D eigenvalue weighted by Gasteiger charge is 2.32. The van der Waals surface area contributed by atoms with Crippen molar-refractivity contribution < 1.29 is 4.79 Å². The van der Waals surface area contributed by atoms with Crippen molar-refractivity contribution >= 4 is 22.6 Å². The molecule has 2 atom stereocenters. The molecule has 1 N–H and O–H groups in total. The number of fused-ring (bicyclic) bond motifs is 3. The minimum absolute atomic E-state index is 0.0627. The third-order valence-electron chi connectivity index (χ3n) is 5.18. The number of likely N-dealkylation sites (tertiary alicyclic amines) is 1. The van der Waals surface area contributed by atoms with Crippen LogP contribution in [0.2, 0.25) is 0 Å². The number of hydrogen-bond donors (Lipinski definition) is 1. The van der Waals surface area contributed by atoms with Gasteiger partial charge in [0.25, 0.3) is 0 Å². The van der Waals surface area contributed by atoms with Gasteiger partial charge in [0.2, 0.25) is 5.91 Å². The van der Waals surface area contributed by atoms with Crippen molar-refractivity contribution in [3.05, 3.63) is 30.5 Å². The number of hydrogen-bond acceptors (Lipinski definition) is 4. The van der Waals surface area contributed by atoms with Gasteiger partial charge in [-0.25, -0.2) is 9.97 Å². The van der Waals surface area contributed by atoms with E-state index >= 15 is 0 Å². The molecule has 128 valence electrons. The molecular weight excluding hydrogens is 316 g/mol. The van der Waals surface area contributed by atoms with Gasteiger partial charge in [0.15, 0.2) is 5.65 Å². The zero-order chi connectivity index (χ0) is 17.4. The van der Waals surface area contributed by atoms with Crippen molar-refractivity contribution in [3.8, 4) is 6.07 Å². The first-order valence-electron chi connectivity index (χ1n) is 8.63. The van der Waals surface area contributed by atoms with E-state index in [1.165, 1.54) is 0 Å². The minimum atomic E-state index is 0.0627. The molecule has 0 bridgehead atoms. The van der Waals surface area contributed by atoms with Crippen LogP contribution in [0, 0.1) is 17.2 Å². The summed E-state index contributed by atoms with van der Waals surface area (Å²) in [6, 6.07) is 4.06. The van der Waals surface area contributed by atoms with Crippen LogP contribution in [-0.2, 0) is 4.79 Å². The fourth-order valence-electron chi connectivity index (χ4n) is 3.71. The van der Waals surface area contributed by atoms with Gasteiger partial charge in [-0.15, -0.1) is 0 Å². The van der Waals surface area contributed by atoms with E-state index in [9.17, 15) is 4.79 Å². The first-order valence-corrected chi connectivity index (χ1v) is 8.63. The Morgan fingerprint density at radius 1 is 1.44 bits per heavy atom. The van der Waals surface area contributed by atoms with Gasteiger partial charge in [-0.3, -0.25) is 9.20 Å². The van der Waals surface area contributed by atoms with Gasteiger partial charge in [-0.2, -0.15) is 5.26 Å². The molecule has 0 spiro atoms. The van der Waals surface area contributed by atoms with E-state index in [0.29, 0.717) is 18.9 Å². The number of aromatic nitrogens is 4. The van der Waals surface area contributed by atoms with E-state index in [2.05, 4.69) is 32.3 Å². The summed E-state index contributed by atoms with van der Waals surface area (Å²) < 4.78 is 2.14. The topological polar surface area (TPSA) is 90.1 Å². The molecule has 0 radical (unpaired) electrons. The fourth-order valence-corrected chi connectivity index (χ4v) is 3.71. The summed E-state index contributed by atoms with van der Waals surface area (Å²) in [4.78, 5) is 26.5. The molecule has 4 rings (SSSR count). The Labute approximate surface area is 145 Å². The van der Waals surface area contributed by atoms with E-state index in [-0.39, 0.29) is 18.2 Å². The average Bonchev–Trinajstić information content (AvgIpc) is 3.25. The number of H-pyrrole nitrogens is 1. The second kappa shape index (κ2) is 6.20. The molecule has 3 aromatic heterocycles. The summed E-state index contributed by atoms with van der Waals surface area (Å²) >= 11 is 0. The number of aromatic amines is 1. The number of rotatable bonds is 3. The molecular formula is C18H20N6O. The molecule has 0 unspecified atom stereocenters. The molecule has 1 aliphatic heterocycles. The van der Waals surface area contributed by atoms with Gasteiger partial charge >= 0.3 is 0 Å². The monoisotopic (exact) mass is 336 g/mol. The van der Waals surface area contributed by atoms with Crippen molar-refractivity contribution in [2.24, 2.45) is 5.92 Å². The number of carbonyl (C=O) groups excluding carboxylic acids is 1. The molecule has 7 nitrogen and oxygen atoms in total. The van der Waals surface area contributed by atoms with Crippen molar-refractivity contribution in [2.75, 3.05) is 13.1 Å². The first-order chi connectivity index (χ1) is 12.2. The van der Waals surface area contributed by atoms with Crippen LogP contribution in [-0.4, -0.2) is 43.2 Å². The van der Waals surface area contributed by atoms with E-state index in [4.69, 9.17) is 5.26 Å². The number of nitrogens with one attached hydrogen (secondary N) is 1. The average molecular weight is 336 g/mol. The molecule has 1 amide bonds. The van der Waals surface area contributed by atoms with Gasteiger partial charge in [0, 0.05) is 38.0 Å². The van der Waals surface area contributed by atoms with Crippen LogP contribution in [0.25, 0.3) is 16.7 Å². The molecule has 0 aliphatic carbocycles. The molecule has 4 heterocycles. The minimum Gasteiger partial charge on any atom is -0.345 e. The van der Waals surface area contributed by atoms with Crippen molar-refractivity contribution in [3.63, 3.8) is 0 Å². The molecule has 0 aromatic carbocycles. The van der Waals surface area contributed by atoms with Crippen LogP contribution in [0.3, 0.4) is 0 Å². The Morgan fingerprint density at radius 2 is 2.28 bits per heavy atom. The van der Waals surface area contributed by atoms with Crippen LogP contribution in [0.5, 0.6) is 0 Å². The van der Waals surface area contributed by atoms with Crippen molar-refractivity contribution in [1.29, 1.82) is 5.26 Å². The first kappa shape index (κ1) is 15.6. The molecule has 7 heteroatoms. The third kappa shape index (κ3) is 2.64. The van der Waals surface area contributed by atoms with Gasteiger partial charge in [0.1, 0.15) is 5.82 Å². The smallest absolute Gasteiger partial charge is 0.223 e. The summed E-state index contributed by atoms with van der Waals surface area (Å²) in [7, 11) is 0. The number of amides is 1. The van der Waals surface area contributed by atoms with Gasteiger partial charge in [0.05, 0.1) is 29.5 Å². The Morgan fingerprint density at radius 3 is 3.12 bits per heavy atom. The van der Waals surface area contributed by atoms with E-state index in [0.717, 1.165) is 35.5 Å². The summed E-state index contributed by atoms with van der Waals surface area (Å²) in [6.07, 6.45) is 7.06. The summed E-state index contributed by atoms with van der Waals surface area (Å²) in [6.45, 7) is 3.63. The maximum Gasteiger partial charge on any atom is 0.223 e. The Balaban J connectivity index is 1.70. The highest BCUT2D eigenvalue weighted by Crippen LogP contribution is 2.33. The van der Waals surface area contributed by atoms with Crippen LogP contribution in [0.4, 0.5) is 0 Å². The largest absolute Gasteiger partial charge is 0.345 e. The Kier molecular flexibility index (Phi) is 3.88.